The summed E-state index contributed by atoms with van der Waals surface area (Å²) in [5.74, 6) is -1.32. The summed E-state index contributed by atoms with van der Waals surface area (Å²) >= 11 is 0. The van der Waals surface area contributed by atoms with Gasteiger partial charge >= 0.3 is 0 Å². The van der Waals surface area contributed by atoms with Crippen molar-refractivity contribution in [2.45, 2.75) is 19.4 Å². The number of carbonyl (C=O) groups excluding carboxylic acids is 2. The number of rotatable bonds is 6. The maximum absolute atomic E-state index is 13.6. The number of nitrogens with one attached hydrogen (secondary N) is 1. The van der Waals surface area contributed by atoms with Crippen LogP contribution in [0.25, 0.3) is 0 Å². The number of hydrogen-bond acceptors (Lipinski definition) is 2. The number of benzene rings is 2. The molecular formula is C20H20F2N2O2. The van der Waals surface area contributed by atoms with Crippen molar-refractivity contribution in [3.05, 3.63) is 71.3 Å². The first kappa shape index (κ1) is 18.0. The van der Waals surface area contributed by atoms with Gasteiger partial charge in [0.2, 0.25) is 11.8 Å². The highest BCUT2D eigenvalue weighted by Crippen LogP contribution is 2.20. The average molecular weight is 358 g/mol. The van der Waals surface area contributed by atoms with Gasteiger partial charge in [0.05, 0.1) is 5.92 Å². The summed E-state index contributed by atoms with van der Waals surface area (Å²) in [7, 11) is 0. The monoisotopic (exact) mass is 358 g/mol. The van der Waals surface area contributed by atoms with E-state index in [2.05, 4.69) is 5.32 Å². The van der Waals surface area contributed by atoms with Gasteiger partial charge in [0.25, 0.3) is 0 Å². The van der Waals surface area contributed by atoms with Gasteiger partial charge in [0, 0.05) is 26.1 Å². The topological polar surface area (TPSA) is 49.4 Å². The second-order valence-corrected chi connectivity index (χ2v) is 6.43. The molecule has 0 saturated carbocycles. The van der Waals surface area contributed by atoms with Crippen LogP contribution in [0.3, 0.4) is 0 Å². The summed E-state index contributed by atoms with van der Waals surface area (Å²) in [6, 6.07) is 12.4. The van der Waals surface area contributed by atoms with Crippen LogP contribution >= 0.6 is 0 Å². The minimum absolute atomic E-state index is 0.0939. The maximum Gasteiger partial charge on any atom is 0.225 e. The van der Waals surface area contributed by atoms with E-state index in [-0.39, 0.29) is 29.9 Å². The van der Waals surface area contributed by atoms with Crippen molar-refractivity contribution in [3.63, 3.8) is 0 Å². The fraction of sp³-hybridized carbons (Fsp3) is 0.300. The van der Waals surface area contributed by atoms with E-state index in [1.165, 1.54) is 18.2 Å². The number of likely N-dealkylation sites (tertiary alicyclic amines) is 1. The lowest BCUT2D eigenvalue weighted by Crippen LogP contribution is -2.34. The molecule has 0 aliphatic carbocycles. The summed E-state index contributed by atoms with van der Waals surface area (Å²) in [6.45, 7) is 1.02. The number of hydrogen-bond donors (Lipinski definition) is 1. The van der Waals surface area contributed by atoms with Crippen molar-refractivity contribution in [2.24, 2.45) is 5.92 Å². The van der Waals surface area contributed by atoms with Crippen LogP contribution in [0.5, 0.6) is 0 Å². The molecule has 1 fully saturated rings. The van der Waals surface area contributed by atoms with Gasteiger partial charge in [-0.2, -0.15) is 0 Å². The van der Waals surface area contributed by atoms with Crippen LogP contribution in [0.1, 0.15) is 17.5 Å². The van der Waals surface area contributed by atoms with Crippen LogP contribution < -0.4 is 5.32 Å². The Bertz CT molecular complexity index is 793. The van der Waals surface area contributed by atoms with E-state index in [9.17, 15) is 18.4 Å². The van der Waals surface area contributed by atoms with Gasteiger partial charge < -0.3 is 10.2 Å². The Morgan fingerprint density at radius 1 is 1.12 bits per heavy atom. The Labute approximate surface area is 150 Å². The van der Waals surface area contributed by atoms with Gasteiger partial charge in [0.15, 0.2) is 0 Å². The van der Waals surface area contributed by atoms with E-state index in [0.29, 0.717) is 31.6 Å². The third-order valence-corrected chi connectivity index (χ3v) is 4.52. The molecule has 26 heavy (non-hydrogen) atoms. The zero-order valence-corrected chi connectivity index (χ0v) is 14.3. The summed E-state index contributed by atoms with van der Waals surface area (Å²) in [4.78, 5) is 26.0. The lowest BCUT2D eigenvalue weighted by Gasteiger charge is -2.16. The molecular weight excluding hydrogens is 338 g/mol. The molecule has 0 radical (unpaired) electrons. The first-order valence-electron chi connectivity index (χ1n) is 8.56. The van der Waals surface area contributed by atoms with E-state index in [0.717, 1.165) is 5.56 Å². The Balaban J connectivity index is 1.49. The number of amides is 2. The molecule has 6 heteroatoms. The maximum atomic E-state index is 13.6. The van der Waals surface area contributed by atoms with E-state index >= 15 is 0 Å². The van der Waals surface area contributed by atoms with Crippen LogP contribution in [0.15, 0.2) is 48.5 Å². The highest BCUT2D eigenvalue weighted by Gasteiger charge is 2.34. The molecule has 3 rings (SSSR count). The molecule has 0 bridgehead atoms. The molecule has 1 aliphatic rings. The summed E-state index contributed by atoms with van der Waals surface area (Å²) in [5.41, 5.74) is 1.37. The molecule has 2 aromatic carbocycles. The lowest BCUT2D eigenvalue weighted by molar-refractivity contribution is -0.129. The van der Waals surface area contributed by atoms with Crippen LogP contribution in [0.4, 0.5) is 8.78 Å². The Hall–Kier alpha value is -2.76. The molecule has 0 aromatic heterocycles. The predicted molar refractivity (Wildman–Crippen MR) is 93.0 cm³/mol. The minimum atomic E-state index is -0.413. The van der Waals surface area contributed by atoms with Crippen molar-refractivity contribution in [2.75, 3.05) is 13.1 Å². The molecule has 4 nitrogen and oxygen atoms in total. The summed E-state index contributed by atoms with van der Waals surface area (Å²) < 4.78 is 26.5. The Morgan fingerprint density at radius 2 is 1.85 bits per heavy atom. The molecule has 1 saturated heterocycles. The molecule has 1 unspecified atom stereocenters. The van der Waals surface area contributed by atoms with E-state index in [1.807, 2.05) is 0 Å². The van der Waals surface area contributed by atoms with Gasteiger partial charge in [-0.15, -0.1) is 0 Å². The molecule has 1 atom stereocenters. The number of halogens is 2. The normalized spacial score (nSPS) is 16.8. The van der Waals surface area contributed by atoms with E-state index in [1.54, 1.807) is 35.2 Å². The van der Waals surface area contributed by atoms with Crippen molar-refractivity contribution >= 4 is 11.8 Å². The third kappa shape index (κ3) is 4.45. The van der Waals surface area contributed by atoms with Gasteiger partial charge in [0.1, 0.15) is 11.6 Å². The van der Waals surface area contributed by atoms with Gasteiger partial charge in [-0.25, -0.2) is 8.78 Å². The number of carbonyl (C=O) groups is 2. The first-order valence-corrected chi connectivity index (χ1v) is 8.56. The summed E-state index contributed by atoms with van der Waals surface area (Å²) in [6.07, 6.45) is 0.561. The van der Waals surface area contributed by atoms with Crippen LogP contribution in [-0.4, -0.2) is 29.8 Å². The van der Waals surface area contributed by atoms with E-state index in [4.69, 9.17) is 0 Å². The van der Waals surface area contributed by atoms with Gasteiger partial charge in [-0.3, -0.25) is 9.59 Å². The smallest absolute Gasteiger partial charge is 0.225 e. The fourth-order valence-electron chi connectivity index (χ4n) is 3.08. The Morgan fingerprint density at radius 3 is 2.58 bits per heavy atom. The van der Waals surface area contributed by atoms with Crippen LogP contribution in [0.2, 0.25) is 0 Å². The second-order valence-electron chi connectivity index (χ2n) is 6.43. The SMILES string of the molecule is O=C(NCCc1ccccc1F)C1CC(=O)N(Cc2ccc(F)cc2)C1. The van der Waals surface area contributed by atoms with Crippen LogP contribution in [-0.2, 0) is 22.6 Å². The zero-order chi connectivity index (χ0) is 18.5. The molecule has 1 aliphatic heterocycles. The van der Waals surface area contributed by atoms with Gasteiger partial charge in [-0.05, 0) is 35.7 Å². The van der Waals surface area contributed by atoms with Gasteiger partial charge in [-0.1, -0.05) is 30.3 Å². The summed E-state index contributed by atoms with van der Waals surface area (Å²) in [5, 5.41) is 2.78. The first-order chi connectivity index (χ1) is 12.5. The minimum Gasteiger partial charge on any atom is -0.355 e. The lowest BCUT2D eigenvalue weighted by atomic mass is 10.1. The third-order valence-electron chi connectivity index (χ3n) is 4.52. The van der Waals surface area contributed by atoms with Crippen molar-refractivity contribution in [3.8, 4) is 0 Å². The second kappa shape index (κ2) is 8.08. The highest BCUT2D eigenvalue weighted by atomic mass is 19.1. The zero-order valence-electron chi connectivity index (χ0n) is 14.3. The Kier molecular flexibility index (Phi) is 5.61. The molecule has 1 heterocycles. The average Bonchev–Trinajstić information content (AvgIpc) is 2.99. The quantitative estimate of drug-likeness (QED) is 0.863. The van der Waals surface area contributed by atoms with Crippen LogP contribution in [0, 0.1) is 17.6 Å². The molecule has 1 N–H and O–H groups in total. The predicted octanol–water partition coefficient (Wildman–Crippen LogP) is 2.67. The molecule has 0 spiro atoms. The number of nitrogens with zero attached hydrogens (tertiary/aromatic N) is 1. The van der Waals surface area contributed by atoms with Crippen molar-refractivity contribution < 1.29 is 18.4 Å². The standard InChI is InChI=1S/C20H20F2N2O2/c21-17-7-5-14(6-8-17)12-24-13-16(11-19(24)25)20(26)23-10-9-15-3-1-2-4-18(15)22/h1-8,16H,9-13H2,(H,23,26). The van der Waals surface area contributed by atoms with Crippen molar-refractivity contribution in [1.29, 1.82) is 0 Å². The molecule has 136 valence electrons. The fourth-order valence-corrected chi connectivity index (χ4v) is 3.08. The highest BCUT2D eigenvalue weighted by molar-refractivity contribution is 5.89. The molecule has 2 amide bonds. The molecule has 2 aromatic rings. The van der Waals surface area contributed by atoms with Crippen molar-refractivity contribution in [1.82, 2.24) is 10.2 Å². The van der Waals surface area contributed by atoms with E-state index < -0.39 is 5.92 Å². The largest absolute Gasteiger partial charge is 0.355 e.